The molecule has 1 saturated carbocycles. The van der Waals surface area contributed by atoms with Crippen molar-refractivity contribution in [1.82, 2.24) is 10.2 Å². The van der Waals surface area contributed by atoms with Crippen LogP contribution in [0.5, 0.6) is 0 Å². The highest BCUT2D eigenvalue weighted by Gasteiger charge is 2.35. The molecule has 1 aliphatic rings. The zero-order valence-electron chi connectivity index (χ0n) is 11.7. The van der Waals surface area contributed by atoms with E-state index in [4.69, 9.17) is 11.6 Å². The van der Waals surface area contributed by atoms with E-state index >= 15 is 0 Å². The Kier molecular flexibility index (Phi) is 4.82. The number of halogens is 2. The fourth-order valence-electron chi connectivity index (χ4n) is 2.92. The van der Waals surface area contributed by atoms with E-state index < -0.39 is 0 Å². The highest BCUT2D eigenvalue weighted by molar-refractivity contribution is 6.30. The first-order valence-corrected chi connectivity index (χ1v) is 7.23. The van der Waals surface area contributed by atoms with Crippen LogP contribution in [0.25, 0.3) is 0 Å². The monoisotopic (exact) mass is 284 g/mol. The molecule has 0 amide bonds. The molecule has 0 bridgehead atoms. The molecule has 2 nitrogen and oxygen atoms in total. The van der Waals surface area contributed by atoms with Crippen LogP contribution in [0.15, 0.2) is 18.2 Å². The third-order valence-electron chi connectivity index (χ3n) is 4.26. The summed E-state index contributed by atoms with van der Waals surface area (Å²) in [7, 11) is 4.26. The molecule has 1 aromatic carbocycles. The fraction of sp³-hybridized carbons (Fsp3) is 0.600. The molecule has 0 spiro atoms. The highest BCUT2D eigenvalue weighted by atomic mass is 35.5. The number of likely N-dealkylation sites (N-methyl/N-ethyl adjacent to an activating group) is 1. The van der Waals surface area contributed by atoms with E-state index in [9.17, 15) is 4.39 Å². The van der Waals surface area contributed by atoms with Crippen LogP contribution in [-0.4, -0.2) is 31.1 Å². The summed E-state index contributed by atoms with van der Waals surface area (Å²) < 4.78 is 13.6. The average Bonchev–Trinajstić information content (AvgIpc) is 2.84. The van der Waals surface area contributed by atoms with E-state index in [1.165, 1.54) is 31.7 Å². The predicted octanol–water partition coefficient (Wildman–Crippen LogP) is 3.44. The molecule has 1 aliphatic carbocycles. The Morgan fingerprint density at radius 1 is 1.32 bits per heavy atom. The lowest BCUT2D eigenvalue weighted by molar-refractivity contribution is 0.153. The van der Waals surface area contributed by atoms with Crippen LogP contribution in [-0.2, 0) is 6.54 Å². The molecule has 19 heavy (non-hydrogen) atoms. The highest BCUT2D eigenvalue weighted by Crippen LogP contribution is 2.33. The van der Waals surface area contributed by atoms with Crippen LogP contribution in [0.1, 0.15) is 31.2 Å². The molecule has 0 saturated heterocycles. The van der Waals surface area contributed by atoms with Crippen molar-refractivity contribution in [3.63, 3.8) is 0 Å². The summed E-state index contributed by atoms with van der Waals surface area (Å²) in [5, 5.41) is 3.98. The topological polar surface area (TPSA) is 15.3 Å². The molecule has 0 aliphatic heterocycles. The molecule has 106 valence electrons. The lowest BCUT2D eigenvalue weighted by Gasteiger charge is -2.36. The van der Waals surface area contributed by atoms with E-state index in [2.05, 4.69) is 24.3 Å². The maximum atomic E-state index is 13.6. The van der Waals surface area contributed by atoms with Gasteiger partial charge in [-0.05, 0) is 45.1 Å². The minimum atomic E-state index is -0.192. The van der Waals surface area contributed by atoms with Gasteiger partial charge in [0.05, 0.1) is 0 Å². The molecule has 1 aromatic rings. The Bertz CT molecular complexity index is 428. The van der Waals surface area contributed by atoms with Gasteiger partial charge in [-0.25, -0.2) is 4.39 Å². The first-order chi connectivity index (χ1) is 9.03. The van der Waals surface area contributed by atoms with Gasteiger partial charge in [-0.3, -0.25) is 0 Å². The number of nitrogens with one attached hydrogen (secondary N) is 1. The van der Waals surface area contributed by atoms with E-state index in [1.807, 2.05) is 0 Å². The second kappa shape index (κ2) is 6.21. The van der Waals surface area contributed by atoms with Crippen molar-refractivity contribution in [3.8, 4) is 0 Å². The van der Waals surface area contributed by atoms with Crippen LogP contribution in [0.3, 0.4) is 0 Å². The lowest BCUT2D eigenvalue weighted by Crippen LogP contribution is -2.49. The molecular formula is C15H22ClFN2. The minimum Gasteiger partial charge on any atom is -0.311 e. The van der Waals surface area contributed by atoms with Crippen molar-refractivity contribution in [2.24, 2.45) is 0 Å². The molecule has 1 fully saturated rings. The van der Waals surface area contributed by atoms with Crippen molar-refractivity contribution in [2.75, 3.05) is 20.6 Å². The lowest BCUT2D eigenvalue weighted by atomic mass is 9.96. The summed E-state index contributed by atoms with van der Waals surface area (Å²) in [4.78, 5) is 2.31. The summed E-state index contributed by atoms with van der Waals surface area (Å²) in [6.07, 6.45) is 4.99. The molecular weight excluding hydrogens is 263 g/mol. The van der Waals surface area contributed by atoms with Crippen molar-refractivity contribution in [3.05, 3.63) is 34.6 Å². The van der Waals surface area contributed by atoms with Gasteiger partial charge in [0.25, 0.3) is 0 Å². The molecule has 0 heterocycles. The summed E-state index contributed by atoms with van der Waals surface area (Å²) in [5.41, 5.74) is 0.870. The third-order valence-corrected chi connectivity index (χ3v) is 4.50. The minimum absolute atomic E-state index is 0.192. The van der Waals surface area contributed by atoms with Crippen LogP contribution < -0.4 is 5.32 Å². The third kappa shape index (κ3) is 3.47. The van der Waals surface area contributed by atoms with Crippen LogP contribution in [0.2, 0.25) is 5.02 Å². The van der Waals surface area contributed by atoms with Gasteiger partial charge in [-0.2, -0.15) is 0 Å². The normalized spacial score (nSPS) is 18.2. The van der Waals surface area contributed by atoms with Gasteiger partial charge in [0.15, 0.2) is 0 Å². The SMILES string of the molecule is CN(C)C1(CNCc2cc(Cl)ccc2F)CCCC1. The standard InChI is InChI=1S/C15H22ClFN2/c1-19(2)15(7-3-4-8-15)11-18-10-12-9-13(16)5-6-14(12)17/h5-6,9,18H,3-4,7-8,10-11H2,1-2H3. The van der Waals surface area contributed by atoms with Gasteiger partial charge in [0, 0.05) is 29.2 Å². The van der Waals surface area contributed by atoms with Crippen LogP contribution in [0.4, 0.5) is 4.39 Å². The number of hydrogen-bond donors (Lipinski definition) is 1. The smallest absolute Gasteiger partial charge is 0.127 e. The second-order valence-electron chi connectivity index (χ2n) is 5.67. The Labute approximate surface area is 119 Å². The van der Waals surface area contributed by atoms with Crippen molar-refractivity contribution in [1.29, 1.82) is 0 Å². The van der Waals surface area contributed by atoms with E-state index in [-0.39, 0.29) is 11.4 Å². The summed E-state index contributed by atoms with van der Waals surface area (Å²) >= 11 is 5.90. The van der Waals surface area contributed by atoms with Crippen LogP contribution >= 0.6 is 11.6 Å². The quantitative estimate of drug-likeness (QED) is 0.891. The van der Waals surface area contributed by atoms with Gasteiger partial charge in [0.2, 0.25) is 0 Å². The Balaban J connectivity index is 1.94. The van der Waals surface area contributed by atoms with Crippen LogP contribution in [0, 0.1) is 5.82 Å². The largest absolute Gasteiger partial charge is 0.311 e. The van der Waals surface area contributed by atoms with E-state index in [0.29, 0.717) is 17.1 Å². The van der Waals surface area contributed by atoms with E-state index in [1.54, 1.807) is 12.1 Å². The maximum absolute atomic E-state index is 13.6. The number of benzene rings is 1. The predicted molar refractivity (Wildman–Crippen MR) is 78.0 cm³/mol. The number of nitrogens with zero attached hydrogens (tertiary/aromatic N) is 1. The summed E-state index contributed by atoms with van der Waals surface area (Å²) in [6.45, 7) is 1.42. The Hall–Kier alpha value is -0.640. The Morgan fingerprint density at radius 2 is 2.00 bits per heavy atom. The van der Waals surface area contributed by atoms with Gasteiger partial charge < -0.3 is 10.2 Å². The summed E-state index contributed by atoms with van der Waals surface area (Å²) in [5.74, 6) is -0.192. The maximum Gasteiger partial charge on any atom is 0.127 e. The molecule has 2 rings (SSSR count). The molecule has 4 heteroatoms. The first kappa shape index (κ1) is 14.8. The van der Waals surface area contributed by atoms with Gasteiger partial charge in [-0.15, -0.1) is 0 Å². The van der Waals surface area contributed by atoms with Crippen molar-refractivity contribution < 1.29 is 4.39 Å². The zero-order valence-corrected chi connectivity index (χ0v) is 12.4. The Morgan fingerprint density at radius 3 is 2.63 bits per heavy atom. The van der Waals surface area contributed by atoms with Crippen molar-refractivity contribution >= 4 is 11.6 Å². The van der Waals surface area contributed by atoms with E-state index in [0.717, 1.165) is 6.54 Å². The van der Waals surface area contributed by atoms with Gasteiger partial charge in [-0.1, -0.05) is 24.4 Å². The molecule has 0 radical (unpaired) electrons. The van der Waals surface area contributed by atoms with Crippen molar-refractivity contribution in [2.45, 2.75) is 37.8 Å². The number of rotatable bonds is 5. The first-order valence-electron chi connectivity index (χ1n) is 6.86. The summed E-state index contributed by atoms with van der Waals surface area (Å²) in [6, 6.07) is 4.70. The molecule has 0 atom stereocenters. The fourth-order valence-corrected chi connectivity index (χ4v) is 3.12. The molecule has 0 unspecified atom stereocenters. The average molecular weight is 285 g/mol. The number of hydrogen-bond acceptors (Lipinski definition) is 2. The second-order valence-corrected chi connectivity index (χ2v) is 6.10. The van der Waals surface area contributed by atoms with Gasteiger partial charge >= 0.3 is 0 Å². The molecule has 1 N–H and O–H groups in total. The molecule has 0 aromatic heterocycles. The zero-order chi connectivity index (χ0) is 13.9. The van der Waals surface area contributed by atoms with Gasteiger partial charge in [0.1, 0.15) is 5.82 Å².